The van der Waals surface area contributed by atoms with Crippen molar-refractivity contribution in [1.82, 2.24) is 15.2 Å². The molecular formula is C23H24F3N5O2. The molecule has 2 saturated heterocycles. The summed E-state index contributed by atoms with van der Waals surface area (Å²) in [5.74, 6) is -0.289. The summed E-state index contributed by atoms with van der Waals surface area (Å²) in [7, 11) is 1.49. The van der Waals surface area contributed by atoms with Gasteiger partial charge in [0.2, 0.25) is 0 Å². The molecule has 10 heteroatoms. The molecule has 5 rings (SSSR count). The van der Waals surface area contributed by atoms with E-state index < -0.39 is 23.8 Å². The third-order valence-corrected chi connectivity index (χ3v) is 6.42. The first-order valence-corrected chi connectivity index (χ1v) is 10.9. The zero-order valence-corrected chi connectivity index (χ0v) is 18.3. The fourth-order valence-corrected chi connectivity index (χ4v) is 4.79. The van der Waals surface area contributed by atoms with E-state index in [9.17, 15) is 13.2 Å². The number of rotatable bonds is 6. The number of pyridine rings is 1. The van der Waals surface area contributed by atoms with Gasteiger partial charge in [0.05, 0.1) is 61.3 Å². The first-order chi connectivity index (χ1) is 16.0. The smallest absolute Gasteiger partial charge is 0.266 e. The number of alkyl halides is 2. The zero-order chi connectivity index (χ0) is 23.1. The summed E-state index contributed by atoms with van der Waals surface area (Å²) in [4.78, 5) is 6.93. The highest BCUT2D eigenvalue weighted by atomic mass is 19.3. The molecule has 3 aromatic rings. The maximum atomic E-state index is 14.7. The number of aromatic nitrogens is 3. The molecule has 2 aromatic heterocycles. The van der Waals surface area contributed by atoms with Gasteiger partial charge in [-0.1, -0.05) is 18.2 Å². The topological polar surface area (TPSA) is 72.4 Å². The summed E-state index contributed by atoms with van der Waals surface area (Å²) < 4.78 is 52.0. The standard InChI is InChI=1S/C23H24F3N5O2/c1-12(16-4-3-5-17(19(16)24)21(25)26)28-22-18-8-15(9-27-20(18)23(32-2)30-29-22)31-13-6-7-14(31)11-33-10-13/h3-5,8-9,12-14,21H,6-7,10-11H2,1-2H3,(H,28,29)/t12-,13?,14?/m1/s1. The Hall–Kier alpha value is -3.14. The third-order valence-electron chi connectivity index (χ3n) is 6.42. The molecule has 2 aliphatic heterocycles. The molecule has 1 N–H and O–H groups in total. The van der Waals surface area contributed by atoms with Gasteiger partial charge >= 0.3 is 0 Å². The summed E-state index contributed by atoms with van der Waals surface area (Å²) in [6.45, 7) is 3.04. The van der Waals surface area contributed by atoms with Crippen molar-refractivity contribution in [3.05, 3.63) is 47.4 Å². The van der Waals surface area contributed by atoms with Gasteiger partial charge in [0.1, 0.15) is 11.3 Å². The van der Waals surface area contributed by atoms with Crippen LogP contribution in [0.15, 0.2) is 30.5 Å². The molecule has 4 heterocycles. The fourth-order valence-electron chi connectivity index (χ4n) is 4.79. The van der Waals surface area contributed by atoms with Gasteiger partial charge in [-0.2, -0.15) is 0 Å². The summed E-state index contributed by atoms with van der Waals surface area (Å²) in [5.41, 5.74) is 0.941. The molecule has 0 aliphatic carbocycles. The second kappa shape index (κ2) is 8.66. The molecule has 0 radical (unpaired) electrons. The van der Waals surface area contributed by atoms with E-state index >= 15 is 0 Å². The number of ether oxygens (including phenoxy) is 2. The van der Waals surface area contributed by atoms with Crippen molar-refractivity contribution in [1.29, 1.82) is 0 Å². The largest absolute Gasteiger partial charge is 0.478 e. The normalized spacial score (nSPS) is 21.0. The van der Waals surface area contributed by atoms with E-state index in [1.54, 1.807) is 13.1 Å². The van der Waals surface area contributed by atoms with E-state index in [-0.39, 0.29) is 11.4 Å². The lowest BCUT2D eigenvalue weighted by Gasteiger charge is -2.36. The Balaban J connectivity index is 1.53. The van der Waals surface area contributed by atoms with E-state index in [1.807, 2.05) is 6.07 Å². The summed E-state index contributed by atoms with van der Waals surface area (Å²) in [6, 6.07) is 5.90. The van der Waals surface area contributed by atoms with Gasteiger partial charge in [0, 0.05) is 5.56 Å². The van der Waals surface area contributed by atoms with Gasteiger partial charge in [0.25, 0.3) is 12.3 Å². The zero-order valence-electron chi connectivity index (χ0n) is 18.3. The molecular weight excluding hydrogens is 435 g/mol. The van der Waals surface area contributed by atoms with Crippen LogP contribution in [0, 0.1) is 5.82 Å². The fraction of sp³-hybridized carbons (Fsp3) is 0.435. The van der Waals surface area contributed by atoms with Gasteiger partial charge < -0.3 is 19.7 Å². The lowest BCUT2D eigenvalue weighted by Crippen LogP contribution is -2.45. The van der Waals surface area contributed by atoms with E-state index in [2.05, 4.69) is 25.4 Å². The van der Waals surface area contributed by atoms with Crippen LogP contribution < -0.4 is 15.0 Å². The Bertz CT molecular complexity index is 1160. The minimum atomic E-state index is -2.89. The van der Waals surface area contributed by atoms with Crippen molar-refractivity contribution >= 4 is 22.4 Å². The van der Waals surface area contributed by atoms with Crippen LogP contribution in [0.25, 0.3) is 10.9 Å². The van der Waals surface area contributed by atoms with Crippen LogP contribution in [0.5, 0.6) is 5.88 Å². The van der Waals surface area contributed by atoms with Gasteiger partial charge in [-0.25, -0.2) is 18.2 Å². The Kier molecular flexibility index (Phi) is 5.69. The maximum absolute atomic E-state index is 14.7. The van der Waals surface area contributed by atoms with Gasteiger partial charge in [-0.15, -0.1) is 10.2 Å². The van der Waals surface area contributed by atoms with Crippen molar-refractivity contribution < 1.29 is 22.6 Å². The van der Waals surface area contributed by atoms with Crippen molar-refractivity contribution in [2.75, 3.05) is 30.5 Å². The Labute approximate surface area is 188 Å². The van der Waals surface area contributed by atoms with E-state index in [0.717, 1.165) is 24.6 Å². The molecule has 3 atom stereocenters. The minimum absolute atomic E-state index is 0.119. The SMILES string of the molecule is COc1nnc(N[C@H](C)c2cccc(C(F)F)c2F)c2cc(N3C4CCC3COC4)cnc12. The number of anilines is 2. The van der Waals surface area contributed by atoms with Gasteiger partial charge in [-0.3, -0.25) is 0 Å². The Morgan fingerprint density at radius 2 is 1.88 bits per heavy atom. The lowest BCUT2D eigenvalue weighted by molar-refractivity contribution is 0.0906. The predicted octanol–water partition coefficient (Wildman–Crippen LogP) is 4.65. The Morgan fingerprint density at radius 1 is 1.15 bits per heavy atom. The number of hydrogen-bond acceptors (Lipinski definition) is 7. The summed E-state index contributed by atoms with van der Waals surface area (Å²) in [5, 5.41) is 12.1. The first-order valence-electron chi connectivity index (χ1n) is 10.9. The molecule has 0 saturated carbocycles. The number of halogens is 3. The summed E-state index contributed by atoms with van der Waals surface area (Å²) >= 11 is 0. The monoisotopic (exact) mass is 459 g/mol. The number of benzene rings is 1. The van der Waals surface area contributed by atoms with Crippen LogP contribution in [0.1, 0.15) is 43.4 Å². The highest BCUT2D eigenvalue weighted by molar-refractivity contribution is 5.94. The van der Waals surface area contributed by atoms with Crippen molar-refractivity contribution in [3.63, 3.8) is 0 Å². The lowest BCUT2D eigenvalue weighted by atomic mass is 10.0. The van der Waals surface area contributed by atoms with Gasteiger partial charge in [-0.05, 0) is 25.8 Å². The highest BCUT2D eigenvalue weighted by Gasteiger charge is 2.37. The third kappa shape index (κ3) is 3.82. The van der Waals surface area contributed by atoms with E-state index in [1.165, 1.54) is 19.2 Å². The quantitative estimate of drug-likeness (QED) is 0.575. The van der Waals surface area contributed by atoms with Crippen LogP contribution in [-0.4, -0.2) is 47.6 Å². The predicted molar refractivity (Wildman–Crippen MR) is 117 cm³/mol. The Morgan fingerprint density at radius 3 is 2.58 bits per heavy atom. The molecule has 33 heavy (non-hydrogen) atoms. The second-order valence-electron chi connectivity index (χ2n) is 8.39. The molecule has 174 valence electrons. The van der Waals surface area contributed by atoms with Crippen LogP contribution in [0.2, 0.25) is 0 Å². The van der Waals surface area contributed by atoms with Crippen LogP contribution in [0.4, 0.5) is 24.7 Å². The number of methoxy groups -OCH3 is 1. The molecule has 0 amide bonds. The number of fused-ring (bicyclic) bond motifs is 3. The minimum Gasteiger partial charge on any atom is -0.478 e. The number of hydrogen-bond donors (Lipinski definition) is 1. The molecule has 1 aromatic carbocycles. The molecule has 2 bridgehead atoms. The molecule has 0 spiro atoms. The number of morpholine rings is 1. The average Bonchev–Trinajstić information content (AvgIpc) is 3.06. The second-order valence-corrected chi connectivity index (χ2v) is 8.39. The van der Waals surface area contributed by atoms with E-state index in [4.69, 9.17) is 9.47 Å². The van der Waals surface area contributed by atoms with Crippen LogP contribution >= 0.6 is 0 Å². The molecule has 7 nitrogen and oxygen atoms in total. The van der Waals surface area contributed by atoms with E-state index in [0.29, 0.717) is 42.0 Å². The molecule has 2 unspecified atom stereocenters. The maximum Gasteiger partial charge on any atom is 0.266 e. The highest BCUT2D eigenvalue weighted by Crippen LogP contribution is 2.37. The number of nitrogens with one attached hydrogen (secondary N) is 1. The summed E-state index contributed by atoms with van der Waals surface area (Å²) in [6.07, 6.45) is 1.02. The first kappa shape index (κ1) is 21.7. The van der Waals surface area contributed by atoms with Crippen molar-refractivity contribution in [3.8, 4) is 5.88 Å². The molecule has 2 aliphatic rings. The van der Waals surface area contributed by atoms with Crippen LogP contribution in [0.3, 0.4) is 0 Å². The number of nitrogens with zero attached hydrogens (tertiary/aromatic N) is 4. The van der Waals surface area contributed by atoms with Crippen molar-refractivity contribution in [2.24, 2.45) is 0 Å². The average molecular weight is 459 g/mol. The van der Waals surface area contributed by atoms with Crippen LogP contribution in [-0.2, 0) is 4.74 Å². The van der Waals surface area contributed by atoms with Crippen molar-refractivity contribution in [2.45, 2.75) is 44.3 Å². The molecule has 2 fully saturated rings. The van der Waals surface area contributed by atoms with Gasteiger partial charge in [0.15, 0.2) is 5.82 Å².